The van der Waals surface area contributed by atoms with Gasteiger partial charge in [-0.1, -0.05) is 26.7 Å². The summed E-state index contributed by atoms with van der Waals surface area (Å²) in [4.78, 5) is 5.34. The molecule has 0 radical (unpaired) electrons. The average Bonchev–Trinajstić information content (AvgIpc) is 2.51. The molecule has 2 atom stereocenters. The summed E-state index contributed by atoms with van der Waals surface area (Å²) >= 11 is 0. The van der Waals surface area contributed by atoms with Gasteiger partial charge in [-0.15, -0.1) is 0 Å². The zero-order valence-corrected chi connectivity index (χ0v) is 14.1. The van der Waals surface area contributed by atoms with Crippen LogP contribution >= 0.6 is 0 Å². The predicted octanol–water partition coefficient (Wildman–Crippen LogP) is 2.88. The summed E-state index contributed by atoms with van der Waals surface area (Å²) < 4.78 is 0. The SMILES string of the molecule is CC1(C)CCCC(N2CCC(N3CCCCC3)CC2)C1O. The van der Waals surface area contributed by atoms with E-state index in [2.05, 4.69) is 23.6 Å². The van der Waals surface area contributed by atoms with Gasteiger partial charge in [-0.05, 0) is 57.0 Å². The molecule has 1 N–H and O–H groups in total. The van der Waals surface area contributed by atoms with Crippen molar-refractivity contribution < 1.29 is 5.11 Å². The number of aliphatic hydroxyl groups excluding tert-OH is 1. The Morgan fingerprint density at radius 3 is 2.14 bits per heavy atom. The number of piperidine rings is 2. The van der Waals surface area contributed by atoms with Crippen molar-refractivity contribution in [1.82, 2.24) is 9.80 Å². The zero-order chi connectivity index (χ0) is 14.9. The molecule has 0 spiro atoms. The van der Waals surface area contributed by atoms with Gasteiger partial charge < -0.3 is 10.0 Å². The molecule has 2 heterocycles. The molecule has 1 saturated carbocycles. The van der Waals surface area contributed by atoms with Crippen LogP contribution in [-0.2, 0) is 0 Å². The van der Waals surface area contributed by atoms with E-state index >= 15 is 0 Å². The maximum absolute atomic E-state index is 10.7. The molecule has 0 amide bonds. The second-order valence-corrected chi connectivity index (χ2v) is 8.26. The molecular weight excluding hydrogens is 260 g/mol. The first kappa shape index (κ1) is 15.8. The van der Waals surface area contributed by atoms with Crippen LogP contribution in [0.5, 0.6) is 0 Å². The smallest absolute Gasteiger partial charge is 0.0746 e. The Kier molecular flexibility index (Phi) is 4.92. The summed E-state index contributed by atoms with van der Waals surface area (Å²) in [5.41, 5.74) is 0.104. The highest BCUT2D eigenvalue weighted by molar-refractivity contribution is 4.95. The van der Waals surface area contributed by atoms with E-state index in [1.165, 1.54) is 77.5 Å². The lowest BCUT2D eigenvalue weighted by Crippen LogP contribution is -2.56. The summed E-state index contributed by atoms with van der Waals surface area (Å²) in [6, 6.07) is 1.23. The van der Waals surface area contributed by atoms with Gasteiger partial charge in [0, 0.05) is 25.2 Å². The van der Waals surface area contributed by atoms with Gasteiger partial charge in [-0.2, -0.15) is 0 Å². The maximum atomic E-state index is 10.7. The van der Waals surface area contributed by atoms with Crippen molar-refractivity contribution in [3.63, 3.8) is 0 Å². The van der Waals surface area contributed by atoms with Crippen LogP contribution in [0.15, 0.2) is 0 Å². The van der Waals surface area contributed by atoms with Crippen LogP contribution in [0.3, 0.4) is 0 Å². The Labute approximate surface area is 130 Å². The summed E-state index contributed by atoms with van der Waals surface area (Å²) in [6.45, 7) is 9.51. The van der Waals surface area contributed by atoms with Crippen molar-refractivity contribution in [2.24, 2.45) is 5.41 Å². The van der Waals surface area contributed by atoms with Crippen LogP contribution in [0, 0.1) is 5.41 Å². The van der Waals surface area contributed by atoms with E-state index in [0.717, 1.165) is 6.04 Å². The predicted molar refractivity (Wildman–Crippen MR) is 87.4 cm³/mol. The maximum Gasteiger partial charge on any atom is 0.0746 e. The second-order valence-electron chi connectivity index (χ2n) is 8.26. The van der Waals surface area contributed by atoms with E-state index in [-0.39, 0.29) is 11.5 Å². The van der Waals surface area contributed by atoms with Crippen LogP contribution in [-0.4, -0.2) is 59.3 Å². The molecule has 0 aromatic rings. The lowest BCUT2D eigenvalue weighted by Gasteiger charge is -2.48. The van der Waals surface area contributed by atoms with Gasteiger partial charge >= 0.3 is 0 Å². The molecule has 3 fully saturated rings. The third-order valence-corrected chi connectivity index (χ3v) is 6.36. The van der Waals surface area contributed by atoms with Crippen LogP contribution in [0.1, 0.15) is 65.2 Å². The van der Waals surface area contributed by atoms with Crippen LogP contribution in [0.4, 0.5) is 0 Å². The lowest BCUT2D eigenvalue weighted by atomic mass is 9.72. The van der Waals surface area contributed by atoms with Gasteiger partial charge in [0.25, 0.3) is 0 Å². The molecular formula is C18H34N2O. The Morgan fingerprint density at radius 2 is 1.48 bits per heavy atom. The number of hydrogen-bond acceptors (Lipinski definition) is 3. The number of likely N-dealkylation sites (tertiary alicyclic amines) is 2. The molecule has 0 aromatic carbocycles. The molecule has 3 rings (SSSR count). The topological polar surface area (TPSA) is 26.7 Å². The fraction of sp³-hybridized carbons (Fsp3) is 1.00. The Balaban J connectivity index is 1.53. The molecule has 122 valence electrons. The van der Waals surface area contributed by atoms with Gasteiger partial charge in [-0.3, -0.25) is 4.90 Å². The van der Waals surface area contributed by atoms with Crippen LogP contribution < -0.4 is 0 Å². The Bertz CT molecular complexity index is 330. The van der Waals surface area contributed by atoms with Gasteiger partial charge in [0.1, 0.15) is 0 Å². The average molecular weight is 294 g/mol. The van der Waals surface area contributed by atoms with Crippen LogP contribution in [0.2, 0.25) is 0 Å². The fourth-order valence-corrected chi connectivity index (χ4v) is 4.84. The number of nitrogens with zero attached hydrogens (tertiary/aromatic N) is 2. The molecule has 3 aliphatic rings. The molecule has 0 bridgehead atoms. The third kappa shape index (κ3) is 3.46. The molecule has 21 heavy (non-hydrogen) atoms. The quantitative estimate of drug-likeness (QED) is 0.848. The minimum absolute atomic E-state index is 0.104. The lowest BCUT2D eigenvalue weighted by molar-refractivity contribution is -0.0675. The minimum atomic E-state index is -0.141. The van der Waals surface area contributed by atoms with Crippen molar-refractivity contribution in [2.75, 3.05) is 26.2 Å². The van der Waals surface area contributed by atoms with Crippen LogP contribution in [0.25, 0.3) is 0 Å². The molecule has 2 unspecified atom stereocenters. The third-order valence-electron chi connectivity index (χ3n) is 6.36. The summed E-state index contributed by atoms with van der Waals surface area (Å²) in [6.07, 6.45) is 10.4. The van der Waals surface area contributed by atoms with Crippen molar-refractivity contribution in [1.29, 1.82) is 0 Å². The first-order valence-electron chi connectivity index (χ1n) is 9.24. The Hall–Kier alpha value is -0.120. The summed E-state index contributed by atoms with van der Waals surface area (Å²) in [7, 11) is 0. The van der Waals surface area contributed by atoms with Gasteiger partial charge in [0.15, 0.2) is 0 Å². The Morgan fingerprint density at radius 1 is 0.810 bits per heavy atom. The van der Waals surface area contributed by atoms with Crippen molar-refractivity contribution in [2.45, 2.75) is 83.4 Å². The van der Waals surface area contributed by atoms with E-state index in [0.29, 0.717) is 6.04 Å². The highest BCUT2D eigenvalue weighted by Gasteiger charge is 2.41. The molecule has 3 nitrogen and oxygen atoms in total. The van der Waals surface area contributed by atoms with Gasteiger partial charge in [0.2, 0.25) is 0 Å². The van der Waals surface area contributed by atoms with Gasteiger partial charge in [-0.25, -0.2) is 0 Å². The van der Waals surface area contributed by atoms with Crippen molar-refractivity contribution >= 4 is 0 Å². The molecule has 1 aliphatic carbocycles. The standard InChI is InChI=1S/C18H34N2O/c1-18(2)10-6-7-16(17(18)21)20-13-8-15(9-14-20)19-11-4-3-5-12-19/h15-17,21H,3-14H2,1-2H3. The van der Waals surface area contributed by atoms with E-state index in [4.69, 9.17) is 0 Å². The summed E-state index contributed by atoms with van der Waals surface area (Å²) in [5, 5.41) is 10.7. The highest BCUT2D eigenvalue weighted by atomic mass is 16.3. The monoisotopic (exact) mass is 294 g/mol. The van der Waals surface area contributed by atoms with E-state index < -0.39 is 0 Å². The first-order chi connectivity index (χ1) is 10.1. The van der Waals surface area contributed by atoms with Gasteiger partial charge in [0.05, 0.1) is 6.10 Å². The van der Waals surface area contributed by atoms with Crippen molar-refractivity contribution in [3.8, 4) is 0 Å². The second kappa shape index (κ2) is 6.55. The first-order valence-corrected chi connectivity index (χ1v) is 9.24. The number of hydrogen-bond donors (Lipinski definition) is 1. The number of aliphatic hydroxyl groups is 1. The van der Waals surface area contributed by atoms with Crippen molar-refractivity contribution in [3.05, 3.63) is 0 Å². The normalized spacial score (nSPS) is 36.7. The molecule has 0 aromatic heterocycles. The molecule has 2 saturated heterocycles. The molecule has 2 aliphatic heterocycles. The van der Waals surface area contributed by atoms with E-state index in [1.54, 1.807) is 0 Å². The number of rotatable bonds is 2. The molecule has 3 heteroatoms. The fourth-order valence-electron chi connectivity index (χ4n) is 4.84. The highest BCUT2D eigenvalue weighted by Crippen LogP contribution is 2.38. The summed E-state index contributed by atoms with van der Waals surface area (Å²) in [5.74, 6) is 0. The van der Waals surface area contributed by atoms with E-state index in [9.17, 15) is 5.11 Å². The largest absolute Gasteiger partial charge is 0.391 e. The zero-order valence-electron chi connectivity index (χ0n) is 14.1. The minimum Gasteiger partial charge on any atom is -0.391 e. The van der Waals surface area contributed by atoms with E-state index in [1.807, 2.05) is 0 Å².